The molecule has 1 saturated heterocycles. The number of hydrogen-bond acceptors (Lipinski definition) is 4. The highest BCUT2D eigenvalue weighted by atomic mass is 16.3. The van der Waals surface area contributed by atoms with Crippen molar-refractivity contribution in [1.29, 1.82) is 0 Å². The molecule has 0 radical (unpaired) electrons. The van der Waals surface area contributed by atoms with Crippen LogP contribution >= 0.6 is 0 Å². The number of carbonyl (C=O) groups excluding carboxylic acids is 1. The van der Waals surface area contributed by atoms with Gasteiger partial charge < -0.3 is 20.4 Å². The summed E-state index contributed by atoms with van der Waals surface area (Å²) in [6, 6.07) is 4.73. The van der Waals surface area contributed by atoms with Gasteiger partial charge in [0, 0.05) is 12.6 Å². The Hall–Kier alpha value is -1.75. The van der Waals surface area contributed by atoms with E-state index in [4.69, 9.17) is 0 Å². The maximum absolute atomic E-state index is 12.0. The summed E-state index contributed by atoms with van der Waals surface area (Å²) in [6.45, 7) is 1.61. The van der Waals surface area contributed by atoms with Gasteiger partial charge in [-0.15, -0.1) is 0 Å². The van der Waals surface area contributed by atoms with Crippen LogP contribution in [0.5, 0.6) is 11.5 Å². The summed E-state index contributed by atoms with van der Waals surface area (Å²) in [6.07, 6.45) is 3.46. The van der Waals surface area contributed by atoms with E-state index in [0.29, 0.717) is 12.6 Å². The zero-order valence-electron chi connectivity index (χ0n) is 11.1. The lowest BCUT2D eigenvalue weighted by Crippen LogP contribution is -2.44. The molecular formula is C14H20N2O3. The number of nitrogens with one attached hydrogen (secondary N) is 1. The van der Waals surface area contributed by atoms with Crippen molar-refractivity contribution in [2.75, 3.05) is 20.1 Å². The quantitative estimate of drug-likeness (QED) is 0.720. The monoisotopic (exact) mass is 264 g/mol. The maximum Gasteiger partial charge on any atom is 0.255 e. The predicted molar refractivity (Wildman–Crippen MR) is 72.4 cm³/mol. The molecule has 19 heavy (non-hydrogen) atoms. The number of phenolic OH excluding ortho intramolecular Hbond substituents is 2. The molecule has 1 aromatic carbocycles. The fraction of sp³-hybridized carbons (Fsp3) is 0.500. The average molecular weight is 264 g/mol. The summed E-state index contributed by atoms with van der Waals surface area (Å²) in [4.78, 5) is 14.2. The van der Waals surface area contributed by atoms with E-state index in [1.54, 1.807) is 0 Å². The van der Waals surface area contributed by atoms with Gasteiger partial charge in [0.25, 0.3) is 5.91 Å². The first-order chi connectivity index (χ1) is 9.09. The minimum atomic E-state index is -0.364. The van der Waals surface area contributed by atoms with Gasteiger partial charge in [-0.3, -0.25) is 4.79 Å². The minimum Gasteiger partial charge on any atom is -0.504 e. The molecular weight excluding hydrogens is 244 g/mol. The Morgan fingerprint density at radius 1 is 1.42 bits per heavy atom. The number of rotatable bonds is 3. The fourth-order valence-corrected chi connectivity index (χ4v) is 2.42. The summed E-state index contributed by atoms with van der Waals surface area (Å²) >= 11 is 0. The summed E-state index contributed by atoms with van der Waals surface area (Å²) in [5.41, 5.74) is 0.110. The van der Waals surface area contributed by atoms with Gasteiger partial charge >= 0.3 is 0 Å². The number of para-hydroxylation sites is 1. The number of nitrogens with zero attached hydrogens (tertiary/aromatic N) is 1. The smallest absolute Gasteiger partial charge is 0.255 e. The molecule has 1 unspecified atom stereocenters. The number of hydrogen-bond donors (Lipinski definition) is 3. The third kappa shape index (κ3) is 3.17. The van der Waals surface area contributed by atoms with E-state index in [2.05, 4.69) is 17.3 Å². The Bertz CT molecular complexity index is 462. The number of carbonyl (C=O) groups is 1. The van der Waals surface area contributed by atoms with E-state index < -0.39 is 0 Å². The number of likely N-dealkylation sites (tertiary alicyclic amines) is 1. The third-order valence-corrected chi connectivity index (χ3v) is 3.68. The number of aromatic hydroxyl groups is 2. The summed E-state index contributed by atoms with van der Waals surface area (Å²) in [5, 5.41) is 21.8. The first-order valence-corrected chi connectivity index (χ1v) is 6.59. The Labute approximate surface area is 112 Å². The van der Waals surface area contributed by atoms with Gasteiger partial charge in [-0.25, -0.2) is 0 Å². The predicted octanol–water partition coefficient (Wildman–Crippen LogP) is 1.31. The molecule has 1 aromatic rings. The number of piperidine rings is 1. The summed E-state index contributed by atoms with van der Waals surface area (Å²) in [5.74, 6) is -0.994. The molecule has 0 aromatic heterocycles. The molecule has 1 aliphatic rings. The molecule has 0 spiro atoms. The Morgan fingerprint density at radius 2 is 2.21 bits per heavy atom. The molecule has 5 heteroatoms. The van der Waals surface area contributed by atoms with Crippen LogP contribution in [-0.4, -0.2) is 47.2 Å². The lowest BCUT2D eigenvalue weighted by molar-refractivity contribution is 0.0925. The second kappa shape index (κ2) is 5.93. The number of phenols is 2. The van der Waals surface area contributed by atoms with Crippen LogP contribution in [0, 0.1) is 0 Å². The molecule has 1 atom stereocenters. The number of benzene rings is 1. The topological polar surface area (TPSA) is 72.8 Å². The third-order valence-electron chi connectivity index (χ3n) is 3.68. The van der Waals surface area contributed by atoms with Gasteiger partial charge in [-0.2, -0.15) is 0 Å². The molecule has 5 nitrogen and oxygen atoms in total. The van der Waals surface area contributed by atoms with E-state index in [1.807, 2.05) is 0 Å². The van der Waals surface area contributed by atoms with E-state index in [9.17, 15) is 15.0 Å². The van der Waals surface area contributed by atoms with Crippen LogP contribution in [0.4, 0.5) is 0 Å². The molecule has 104 valence electrons. The van der Waals surface area contributed by atoms with Crippen molar-refractivity contribution in [1.82, 2.24) is 10.2 Å². The lowest BCUT2D eigenvalue weighted by Gasteiger charge is -2.32. The number of amides is 1. The minimum absolute atomic E-state index is 0.110. The van der Waals surface area contributed by atoms with Crippen molar-refractivity contribution in [3.8, 4) is 11.5 Å². The molecule has 1 aliphatic heterocycles. The number of likely N-dealkylation sites (N-methyl/N-ethyl adjacent to an activating group) is 1. The second-order valence-corrected chi connectivity index (χ2v) is 5.01. The maximum atomic E-state index is 12.0. The molecule has 2 rings (SSSR count). The van der Waals surface area contributed by atoms with Crippen LogP contribution in [-0.2, 0) is 0 Å². The lowest BCUT2D eigenvalue weighted by atomic mass is 10.0. The Balaban J connectivity index is 1.95. The van der Waals surface area contributed by atoms with E-state index in [0.717, 1.165) is 13.0 Å². The average Bonchev–Trinajstić information content (AvgIpc) is 2.40. The van der Waals surface area contributed by atoms with Gasteiger partial charge in [0.15, 0.2) is 11.5 Å². The first-order valence-electron chi connectivity index (χ1n) is 6.59. The Kier molecular flexibility index (Phi) is 4.27. The van der Waals surface area contributed by atoms with Crippen molar-refractivity contribution in [2.45, 2.75) is 25.3 Å². The zero-order valence-corrected chi connectivity index (χ0v) is 11.1. The van der Waals surface area contributed by atoms with Crippen LogP contribution in [0.2, 0.25) is 0 Å². The highest BCUT2D eigenvalue weighted by molar-refractivity contribution is 5.97. The van der Waals surface area contributed by atoms with Crippen LogP contribution in [0.25, 0.3) is 0 Å². The van der Waals surface area contributed by atoms with Crippen LogP contribution in [0.3, 0.4) is 0 Å². The molecule has 0 saturated carbocycles. The van der Waals surface area contributed by atoms with Crippen molar-refractivity contribution >= 4 is 5.91 Å². The van der Waals surface area contributed by atoms with Gasteiger partial charge in [-0.1, -0.05) is 12.5 Å². The summed E-state index contributed by atoms with van der Waals surface area (Å²) < 4.78 is 0. The van der Waals surface area contributed by atoms with Crippen molar-refractivity contribution < 1.29 is 15.0 Å². The summed E-state index contributed by atoms with van der Waals surface area (Å²) in [7, 11) is 2.06. The highest BCUT2D eigenvalue weighted by Crippen LogP contribution is 2.28. The second-order valence-electron chi connectivity index (χ2n) is 5.01. The fourth-order valence-electron chi connectivity index (χ4n) is 2.42. The van der Waals surface area contributed by atoms with E-state index >= 15 is 0 Å². The van der Waals surface area contributed by atoms with E-state index in [-0.39, 0.29) is 23.0 Å². The zero-order chi connectivity index (χ0) is 13.8. The van der Waals surface area contributed by atoms with Gasteiger partial charge in [0.2, 0.25) is 0 Å². The van der Waals surface area contributed by atoms with Crippen molar-refractivity contribution in [3.05, 3.63) is 23.8 Å². The van der Waals surface area contributed by atoms with Crippen molar-refractivity contribution in [2.24, 2.45) is 0 Å². The van der Waals surface area contributed by atoms with E-state index in [1.165, 1.54) is 31.0 Å². The molecule has 3 N–H and O–H groups in total. The molecule has 1 amide bonds. The first kappa shape index (κ1) is 13.7. The van der Waals surface area contributed by atoms with Crippen molar-refractivity contribution in [3.63, 3.8) is 0 Å². The molecule has 1 fully saturated rings. The van der Waals surface area contributed by atoms with Gasteiger partial charge in [-0.05, 0) is 38.6 Å². The molecule has 0 bridgehead atoms. The molecule has 0 aliphatic carbocycles. The van der Waals surface area contributed by atoms with Crippen LogP contribution in [0.1, 0.15) is 29.6 Å². The Morgan fingerprint density at radius 3 is 2.95 bits per heavy atom. The highest BCUT2D eigenvalue weighted by Gasteiger charge is 2.20. The molecule has 1 heterocycles. The van der Waals surface area contributed by atoms with Gasteiger partial charge in [0.1, 0.15) is 0 Å². The van der Waals surface area contributed by atoms with Crippen LogP contribution < -0.4 is 5.32 Å². The normalized spacial score (nSPS) is 20.2. The SMILES string of the molecule is CN1CCCCC1CNC(=O)c1cccc(O)c1O. The van der Waals surface area contributed by atoms with Gasteiger partial charge in [0.05, 0.1) is 5.56 Å². The van der Waals surface area contributed by atoms with Crippen LogP contribution in [0.15, 0.2) is 18.2 Å². The standard InChI is InChI=1S/C14H20N2O3/c1-16-8-3-2-5-10(16)9-15-14(19)11-6-4-7-12(17)13(11)18/h4,6-7,10,17-18H,2-3,5,8-9H2,1H3,(H,15,19). The largest absolute Gasteiger partial charge is 0.504 e.